The van der Waals surface area contributed by atoms with Crippen LogP contribution in [0.15, 0.2) is 29.1 Å². The summed E-state index contributed by atoms with van der Waals surface area (Å²) in [7, 11) is 0. The Hall–Kier alpha value is -1.13. The van der Waals surface area contributed by atoms with Crippen LogP contribution in [0.4, 0.5) is 0 Å². The van der Waals surface area contributed by atoms with Crippen molar-refractivity contribution >= 4 is 21.6 Å². The monoisotopic (exact) mass is 236 g/mol. The zero-order valence-electron chi connectivity index (χ0n) is 9.40. The van der Waals surface area contributed by atoms with E-state index in [0.29, 0.717) is 0 Å². The van der Waals surface area contributed by atoms with Crippen LogP contribution < -0.4 is 10.2 Å². The summed E-state index contributed by atoms with van der Waals surface area (Å²) in [5.74, 6) is 0. The molecule has 0 atom stereocenters. The average molecular weight is 236 g/mol. The van der Waals surface area contributed by atoms with E-state index >= 15 is 0 Å². The van der Waals surface area contributed by atoms with Crippen molar-refractivity contribution in [3.05, 3.63) is 33.9 Å². The van der Waals surface area contributed by atoms with Crippen molar-refractivity contribution in [3.63, 3.8) is 0 Å². The van der Waals surface area contributed by atoms with E-state index in [1.165, 1.54) is 11.3 Å². The van der Waals surface area contributed by atoms with Gasteiger partial charge in [-0.1, -0.05) is 30.4 Å². The molecule has 86 valence electrons. The predicted molar refractivity (Wildman–Crippen MR) is 69.2 cm³/mol. The number of nitrogens with one attached hydrogen (secondary N) is 1. The van der Waals surface area contributed by atoms with Gasteiger partial charge in [0.2, 0.25) is 0 Å². The smallest absolute Gasteiger partial charge is 0.308 e. The minimum absolute atomic E-state index is 0.138. The highest BCUT2D eigenvalue weighted by atomic mass is 32.1. The molecule has 1 aromatic carbocycles. The third-order valence-electron chi connectivity index (χ3n) is 2.51. The summed E-state index contributed by atoms with van der Waals surface area (Å²) in [5, 5.41) is 3.31. The van der Waals surface area contributed by atoms with Crippen LogP contribution in [0.5, 0.6) is 0 Å². The molecule has 0 unspecified atom stereocenters. The molecule has 0 spiro atoms. The number of rotatable bonds is 5. The molecular weight excluding hydrogens is 220 g/mol. The highest BCUT2D eigenvalue weighted by molar-refractivity contribution is 7.16. The maximum Gasteiger partial charge on any atom is 0.308 e. The number of benzene rings is 1. The first-order valence-corrected chi connectivity index (χ1v) is 6.43. The van der Waals surface area contributed by atoms with Gasteiger partial charge in [-0.05, 0) is 25.1 Å². The molecular formula is C12H16N2OS. The Morgan fingerprint density at radius 1 is 1.31 bits per heavy atom. The second kappa shape index (κ2) is 5.27. The van der Waals surface area contributed by atoms with Gasteiger partial charge in [-0.3, -0.25) is 9.36 Å². The van der Waals surface area contributed by atoms with E-state index in [9.17, 15) is 4.79 Å². The first-order valence-electron chi connectivity index (χ1n) is 5.62. The molecule has 0 saturated heterocycles. The molecule has 2 rings (SSSR count). The Morgan fingerprint density at radius 3 is 2.94 bits per heavy atom. The molecule has 1 N–H and O–H groups in total. The molecule has 3 nitrogen and oxygen atoms in total. The first-order chi connectivity index (χ1) is 7.83. The fourth-order valence-electron chi connectivity index (χ4n) is 1.72. The lowest BCUT2D eigenvalue weighted by Gasteiger charge is -2.04. The van der Waals surface area contributed by atoms with E-state index in [2.05, 4.69) is 12.2 Å². The molecule has 1 aromatic heterocycles. The third kappa shape index (κ3) is 2.33. The Labute approximate surface area is 98.7 Å². The van der Waals surface area contributed by atoms with E-state index in [-0.39, 0.29) is 4.87 Å². The van der Waals surface area contributed by atoms with Gasteiger partial charge in [0, 0.05) is 13.1 Å². The van der Waals surface area contributed by atoms with Gasteiger partial charge in [-0.25, -0.2) is 0 Å². The molecule has 4 heteroatoms. The van der Waals surface area contributed by atoms with Gasteiger partial charge in [-0.2, -0.15) is 0 Å². The summed E-state index contributed by atoms with van der Waals surface area (Å²) in [4.78, 5) is 11.9. The molecule has 2 aromatic rings. The quantitative estimate of drug-likeness (QED) is 0.806. The number of hydrogen-bond acceptors (Lipinski definition) is 3. The third-order valence-corrected chi connectivity index (χ3v) is 3.47. The predicted octanol–water partition coefficient (Wildman–Crippen LogP) is 2.06. The first kappa shape index (κ1) is 11.4. The van der Waals surface area contributed by atoms with E-state index in [4.69, 9.17) is 0 Å². The maximum absolute atomic E-state index is 11.8. The van der Waals surface area contributed by atoms with E-state index in [0.717, 1.165) is 36.3 Å². The molecule has 0 aliphatic heterocycles. The van der Waals surface area contributed by atoms with Crippen LogP contribution in [0, 0.1) is 0 Å². The molecule has 0 radical (unpaired) electrons. The van der Waals surface area contributed by atoms with Gasteiger partial charge in [0.1, 0.15) is 0 Å². The number of fused-ring (bicyclic) bond motifs is 1. The second-order valence-corrected chi connectivity index (χ2v) is 4.73. The van der Waals surface area contributed by atoms with E-state index < -0.39 is 0 Å². The highest BCUT2D eigenvalue weighted by Gasteiger charge is 2.05. The lowest BCUT2D eigenvalue weighted by molar-refractivity contribution is 0.599. The van der Waals surface area contributed by atoms with Crippen LogP contribution in [-0.2, 0) is 6.54 Å². The number of nitrogens with zero attached hydrogens (tertiary/aromatic N) is 1. The molecule has 1 heterocycles. The Bertz CT molecular complexity index is 515. The van der Waals surface area contributed by atoms with Crippen LogP contribution >= 0.6 is 11.3 Å². The topological polar surface area (TPSA) is 34.0 Å². The Balaban J connectivity index is 2.16. The zero-order valence-corrected chi connectivity index (χ0v) is 10.2. The molecule has 0 aliphatic rings. The summed E-state index contributed by atoms with van der Waals surface area (Å²) < 4.78 is 2.92. The van der Waals surface area contributed by atoms with Crippen molar-refractivity contribution in [3.8, 4) is 0 Å². The van der Waals surface area contributed by atoms with Crippen LogP contribution in [0.1, 0.15) is 13.3 Å². The van der Waals surface area contributed by atoms with Crippen molar-refractivity contribution in [2.75, 3.05) is 13.1 Å². The highest BCUT2D eigenvalue weighted by Crippen LogP contribution is 2.15. The van der Waals surface area contributed by atoms with Crippen molar-refractivity contribution in [2.24, 2.45) is 0 Å². The van der Waals surface area contributed by atoms with Crippen molar-refractivity contribution in [1.29, 1.82) is 0 Å². The fraction of sp³-hybridized carbons (Fsp3) is 0.417. The van der Waals surface area contributed by atoms with Crippen molar-refractivity contribution in [1.82, 2.24) is 9.88 Å². The summed E-state index contributed by atoms with van der Waals surface area (Å²) in [6.07, 6.45) is 1.12. The van der Waals surface area contributed by atoms with Crippen LogP contribution in [0.25, 0.3) is 10.2 Å². The summed E-state index contributed by atoms with van der Waals surface area (Å²) in [6.45, 7) is 4.76. The minimum atomic E-state index is 0.138. The number of hydrogen-bond donors (Lipinski definition) is 1. The number of para-hydroxylation sites is 1. The van der Waals surface area contributed by atoms with Crippen LogP contribution in [0.3, 0.4) is 0 Å². The molecule has 0 bridgehead atoms. The zero-order chi connectivity index (χ0) is 11.4. The van der Waals surface area contributed by atoms with Gasteiger partial charge in [0.15, 0.2) is 0 Å². The van der Waals surface area contributed by atoms with Gasteiger partial charge in [0.25, 0.3) is 0 Å². The largest absolute Gasteiger partial charge is 0.315 e. The fourth-order valence-corrected chi connectivity index (χ4v) is 2.64. The van der Waals surface area contributed by atoms with Crippen molar-refractivity contribution in [2.45, 2.75) is 19.9 Å². The van der Waals surface area contributed by atoms with Gasteiger partial charge >= 0.3 is 4.87 Å². The molecule has 16 heavy (non-hydrogen) atoms. The molecule has 0 fully saturated rings. The van der Waals surface area contributed by atoms with E-state index in [1.54, 1.807) is 0 Å². The maximum atomic E-state index is 11.8. The summed E-state index contributed by atoms with van der Waals surface area (Å²) >= 11 is 1.32. The minimum Gasteiger partial charge on any atom is -0.315 e. The standard InChI is InChI=1S/C12H16N2OS/c1-2-7-13-8-9-14-10-5-3-4-6-11(10)16-12(14)15/h3-6,13H,2,7-9H2,1H3. The summed E-state index contributed by atoms with van der Waals surface area (Å²) in [5.41, 5.74) is 1.05. The second-order valence-electron chi connectivity index (χ2n) is 3.74. The van der Waals surface area contributed by atoms with Crippen molar-refractivity contribution < 1.29 is 0 Å². The van der Waals surface area contributed by atoms with Gasteiger partial charge in [-0.15, -0.1) is 0 Å². The molecule has 0 aliphatic carbocycles. The summed E-state index contributed by atoms with van der Waals surface area (Å²) in [6, 6.07) is 7.95. The number of thiazole rings is 1. The molecule has 0 amide bonds. The van der Waals surface area contributed by atoms with Crippen LogP contribution in [-0.4, -0.2) is 17.7 Å². The van der Waals surface area contributed by atoms with E-state index in [1.807, 2.05) is 28.8 Å². The normalized spacial score (nSPS) is 11.1. The molecule has 0 saturated carbocycles. The van der Waals surface area contributed by atoms with Crippen LogP contribution in [0.2, 0.25) is 0 Å². The van der Waals surface area contributed by atoms with Gasteiger partial charge in [0.05, 0.1) is 10.2 Å². The Kier molecular flexibility index (Phi) is 3.74. The van der Waals surface area contributed by atoms with Gasteiger partial charge < -0.3 is 5.32 Å². The average Bonchev–Trinajstić information content (AvgIpc) is 2.61. The number of aromatic nitrogens is 1. The SMILES string of the molecule is CCCNCCn1c(=O)sc2ccccc21. The Morgan fingerprint density at radius 2 is 2.12 bits per heavy atom. The lowest BCUT2D eigenvalue weighted by Crippen LogP contribution is -2.24. The lowest BCUT2D eigenvalue weighted by atomic mass is 10.3.